The van der Waals surface area contributed by atoms with Crippen LogP contribution in [0.2, 0.25) is 0 Å². The first-order valence-electron chi connectivity index (χ1n) is 10.4. The zero-order valence-corrected chi connectivity index (χ0v) is 17.7. The lowest BCUT2D eigenvalue weighted by Crippen LogP contribution is -2.39. The van der Waals surface area contributed by atoms with Gasteiger partial charge in [0.1, 0.15) is 10.8 Å². The summed E-state index contributed by atoms with van der Waals surface area (Å²) in [7, 11) is 0. The van der Waals surface area contributed by atoms with Gasteiger partial charge in [0.15, 0.2) is 6.10 Å². The molecule has 1 aliphatic heterocycles. The molecule has 3 amide bonds. The van der Waals surface area contributed by atoms with E-state index in [4.69, 9.17) is 4.74 Å². The number of aryl methyl sites for hydroxylation is 1. The lowest BCUT2D eigenvalue weighted by atomic mass is 9.95. The van der Waals surface area contributed by atoms with Crippen LogP contribution >= 0.6 is 11.3 Å². The van der Waals surface area contributed by atoms with Gasteiger partial charge in [0.2, 0.25) is 5.91 Å². The molecule has 4 rings (SSSR count). The Morgan fingerprint density at radius 2 is 2.03 bits per heavy atom. The van der Waals surface area contributed by atoms with Crippen LogP contribution in [-0.2, 0) is 22.4 Å². The maximum Gasteiger partial charge on any atom is 0.266 e. The third-order valence-corrected chi connectivity index (χ3v) is 6.47. The number of hydrogen-bond donors (Lipinski definition) is 3. The van der Waals surface area contributed by atoms with Crippen molar-refractivity contribution in [2.24, 2.45) is 0 Å². The maximum atomic E-state index is 12.8. The largest absolute Gasteiger partial charge is 0.478 e. The minimum atomic E-state index is -0.910. The molecular formula is C22H25N3O4S. The zero-order valence-electron chi connectivity index (χ0n) is 16.9. The number of para-hydroxylation sites is 2. The highest BCUT2D eigenvalue weighted by molar-refractivity contribution is 7.17. The van der Waals surface area contributed by atoms with Crippen molar-refractivity contribution in [2.75, 3.05) is 17.2 Å². The second-order valence-corrected chi connectivity index (χ2v) is 8.62. The van der Waals surface area contributed by atoms with E-state index in [-0.39, 0.29) is 24.1 Å². The molecule has 158 valence electrons. The van der Waals surface area contributed by atoms with Crippen molar-refractivity contribution in [3.05, 3.63) is 40.3 Å². The van der Waals surface area contributed by atoms with Gasteiger partial charge in [-0.3, -0.25) is 14.4 Å². The quantitative estimate of drug-likeness (QED) is 0.657. The third kappa shape index (κ3) is 4.18. The molecule has 1 atom stereocenters. The van der Waals surface area contributed by atoms with Gasteiger partial charge in [-0.05, 0) is 49.8 Å². The van der Waals surface area contributed by atoms with Gasteiger partial charge >= 0.3 is 0 Å². The Labute approximate surface area is 179 Å². The van der Waals surface area contributed by atoms with Crippen LogP contribution in [0.4, 0.5) is 10.7 Å². The van der Waals surface area contributed by atoms with Crippen molar-refractivity contribution in [1.82, 2.24) is 5.32 Å². The SMILES string of the molecule is CCCNC(=O)c1c(NC(=O)CC2Oc3ccccc3NC2=O)sc2c1CCCC2. The number of anilines is 2. The van der Waals surface area contributed by atoms with Crippen LogP contribution in [0.5, 0.6) is 5.75 Å². The second kappa shape index (κ2) is 8.87. The van der Waals surface area contributed by atoms with Gasteiger partial charge in [-0.1, -0.05) is 19.1 Å². The molecule has 3 N–H and O–H groups in total. The van der Waals surface area contributed by atoms with Gasteiger partial charge in [0.25, 0.3) is 11.8 Å². The molecule has 2 aromatic rings. The molecule has 1 aromatic carbocycles. The molecule has 1 aliphatic carbocycles. The fourth-order valence-corrected chi connectivity index (χ4v) is 5.10. The van der Waals surface area contributed by atoms with Crippen LogP contribution < -0.4 is 20.7 Å². The van der Waals surface area contributed by atoms with Crippen molar-refractivity contribution in [2.45, 2.75) is 51.6 Å². The summed E-state index contributed by atoms with van der Waals surface area (Å²) in [6.45, 7) is 2.59. The zero-order chi connectivity index (χ0) is 21.1. The minimum absolute atomic E-state index is 0.126. The first-order chi connectivity index (χ1) is 14.6. The molecule has 30 heavy (non-hydrogen) atoms. The summed E-state index contributed by atoms with van der Waals surface area (Å²) in [4.78, 5) is 39.0. The first kappa shape index (κ1) is 20.4. The van der Waals surface area contributed by atoms with E-state index in [0.717, 1.165) is 37.7 Å². The number of rotatable bonds is 6. The Balaban J connectivity index is 1.50. The molecule has 0 fully saturated rings. The normalized spacial score (nSPS) is 17.2. The standard InChI is InChI=1S/C22H25N3O4S/c1-2-11-23-21(28)19-13-7-3-6-10-17(13)30-22(19)25-18(26)12-16-20(27)24-14-8-4-5-9-15(14)29-16/h4-5,8-9,16H,2-3,6-7,10-12H2,1H3,(H,23,28)(H,24,27)(H,25,26). The highest BCUT2D eigenvalue weighted by Crippen LogP contribution is 2.38. The van der Waals surface area contributed by atoms with Gasteiger partial charge < -0.3 is 20.7 Å². The summed E-state index contributed by atoms with van der Waals surface area (Å²) in [5, 5.41) is 9.13. The van der Waals surface area contributed by atoms with Crippen LogP contribution in [0.3, 0.4) is 0 Å². The number of benzene rings is 1. The smallest absolute Gasteiger partial charge is 0.266 e. The average Bonchev–Trinajstić information content (AvgIpc) is 3.10. The van der Waals surface area contributed by atoms with Crippen LogP contribution in [-0.4, -0.2) is 30.4 Å². The number of amides is 3. The van der Waals surface area contributed by atoms with E-state index in [9.17, 15) is 14.4 Å². The van der Waals surface area contributed by atoms with Crippen LogP contribution in [0.25, 0.3) is 0 Å². The number of carbonyl (C=O) groups is 3. The van der Waals surface area contributed by atoms with Crippen LogP contribution in [0.1, 0.15) is 53.4 Å². The van der Waals surface area contributed by atoms with E-state index in [2.05, 4.69) is 16.0 Å². The lowest BCUT2D eigenvalue weighted by Gasteiger charge is -2.25. The maximum absolute atomic E-state index is 12.8. The molecule has 0 saturated carbocycles. The number of hydrogen-bond acceptors (Lipinski definition) is 5. The average molecular weight is 428 g/mol. The van der Waals surface area contributed by atoms with Gasteiger partial charge in [-0.2, -0.15) is 0 Å². The Kier molecular flexibility index (Phi) is 6.03. The molecular weight excluding hydrogens is 402 g/mol. The molecule has 0 radical (unpaired) electrons. The molecule has 0 spiro atoms. The van der Waals surface area contributed by atoms with Crippen LogP contribution in [0.15, 0.2) is 24.3 Å². The summed E-state index contributed by atoms with van der Waals surface area (Å²) in [5.41, 5.74) is 2.23. The summed E-state index contributed by atoms with van der Waals surface area (Å²) in [5.74, 6) is -0.304. The van der Waals surface area contributed by atoms with Crippen LogP contribution in [0, 0.1) is 0 Å². The number of thiophene rings is 1. The molecule has 0 bridgehead atoms. The molecule has 1 unspecified atom stereocenters. The molecule has 0 saturated heterocycles. The highest BCUT2D eigenvalue weighted by Gasteiger charge is 2.31. The first-order valence-corrected chi connectivity index (χ1v) is 11.2. The van der Waals surface area contributed by atoms with E-state index < -0.39 is 6.10 Å². The highest BCUT2D eigenvalue weighted by atomic mass is 32.1. The molecule has 1 aromatic heterocycles. The van der Waals surface area contributed by atoms with Gasteiger partial charge in [-0.25, -0.2) is 0 Å². The molecule has 2 aliphatic rings. The summed E-state index contributed by atoms with van der Waals surface area (Å²) in [6, 6.07) is 7.12. The van der Waals surface area contributed by atoms with Crippen molar-refractivity contribution in [3.8, 4) is 5.75 Å². The Morgan fingerprint density at radius 1 is 1.23 bits per heavy atom. The Hall–Kier alpha value is -2.87. The summed E-state index contributed by atoms with van der Waals surface area (Å²) in [6.07, 6.45) is 3.71. The Morgan fingerprint density at radius 3 is 2.87 bits per heavy atom. The summed E-state index contributed by atoms with van der Waals surface area (Å²) >= 11 is 1.47. The number of ether oxygens (including phenoxy) is 1. The van der Waals surface area contributed by atoms with Crippen molar-refractivity contribution in [3.63, 3.8) is 0 Å². The van der Waals surface area contributed by atoms with E-state index in [1.807, 2.05) is 13.0 Å². The van der Waals surface area contributed by atoms with Crippen molar-refractivity contribution in [1.29, 1.82) is 0 Å². The fraction of sp³-hybridized carbons (Fsp3) is 0.409. The minimum Gasteiger partial charge on any atom is -0.478 e. The second-order valence-electron chi connectivity index (χ2n) is 7.52. The molecule has 8 heteroatoms. The molecule has 7 nitrogen and oxygen atoms in total. The Bertz CT molecular complexity index is 985. The van der Waals surface area contributed by atoms with E-state index in [0.29, 0.717) is 28.5 Å². The predicted molar refractivity (Wildman–Crippen MR) is 116 cm³/mol. The topological polar surface area (TPSA) is 96.5 Å². The number of nitrogens with one attached hydrogen (secondary N) is 3. The van der Waals surface area contributed by atoms with Gasteiger partial charge in [0.05, 0.1) is 17.7 Å². The number of carbonyl (C=O) groups excluding carboxylic acids is 3. The van der Waals surface area contributed by atoms with Gasteiger partial charge in [0, 0.05) is 11.4 Å². The fourth-order valence-electron chi connectivity index (χ4n) is 3.79. The molecule has 2 heterocycles. The van der Waals surface area contributed by atoms with E-state index in [1.165, 1.54) is 16.2 Å². The predicted octanol–water partition coefficient (Wildman–Crippen LogP) is 3.50. The lowest BCUT2D eigenvalue weighted by molar-refractivity contribution is -0.128. The van der Waals surface area contributed by atoms with Crippen molar-refractivity contribution < 1.29 is 19.1 Å². The third-order valence-electron chi connectivity index (χ3n) is 5.26. The monoisotopic (exact) mass is 427 g/mol. The van der Waals surface area contributed by atoms with E-state index in [1.54, 1.807) is 18.2 Å². The van der Waals surface area contributed by atoms with Gasteiger partial charge in [-0.15, -0.1) is 11.3 Å². The van der Waals surface area contributed by atoms with E-state index >= 15 is 0 Å². The number of fused-ring (bicyclic) bond motifs is 2. The summed E-state index contributed by atoms with van der Waals surface area (Å²) < 4.78 is 5.72. The van der Waals surface area contributed by atoms with Crippen molar-refractivity contribution >= 4 is 39.7 Å².